The van der Waals surface area contributed by atoms with Gasteiger partial charge < -0.3 is 10.3 Å². The third-order valence-electron chi connectivity index (χ3n) is 4.27. The Bertz CT molecular complexity index is 889. The zero-order chi connectivity index (χ0) is 15.1. The Morgan fingerprint density at radius 1 is 1.32 bits per heavy atom. The van der Waals surface area contributed by atoms with Gasteiger partial charge in [0.05, 0.1) is 30.1 Å². The van der Waals surface area contributed by atoms with Gasteiger partial charge in [-0.15, -0.1) is 0 Å². The van der Waals surface area contributed by atoms with Gasteiger partial charge in [-0.05, 0) is 30.2 Å². The predicted molar refractivity (Wildman–Crippen MR) is 83.2 cm³/mol. The maximum absolute atomic E-state index is 9.14. The van der Waals surface area contributed by atoms with Crippen molar-refractivity contribution in [3.63, 3.8) is 0 Å². The van der Waals surface area contributed by atoms with E-state index in [1.54, 1.807) is 18.6 Å². The minimum Gasteiger partial charge on any atom is -0.338 e. The van der Waals surface area contributed by atoms with Crippen LogP contribution in [0.1, 0.15) is 22.5 Å². The van der Waals surface area contributed by atoms with Crippen molar-refractivity contribution in [2.75, 3.05) is 0 Å². The molecular formula is C17H15N5. The molecule has 22 heavy (non-hydrogen) atoms. The summed E-state index contributed by atoms with van der Waals surface area (Å²) in [5, 5.41) is 10.3. The van der Waals surface area contributed by atoms with Gasteiger partial charge in [-0.2, -0.15) is 5.26 Å². The first-order chi connectivity index (χ1) is 10.8. The topological polar surface area (TPSA) is 80.5 Å². The summed E-state index contributed by atoms with van der Waals surface area (Å²) < 4.78 is 2.27. The monoisotopic (exact) mass is 289 g/mol. The molecule has 0 amide bonds. The summed E-state index contributed by atoms with van der Waals surface area (Å²) in [5.41, 5.74) is 11.4. The first kappa shape index (κ1) is 13.0. The summed E-state index contributed by atoms with van der Waals surface area (Å²) in [6, 6.07) is 8.24. The van der Waals surface area contributed by atoms with Crippen molar-refractivity contribution in [2.45, 2.75) is 25.4 Å². The van der Waals surface area contributed by atoms with E-state index in [1.165, 1.54) is 11.3 Å². The Kier molecular flexibility index (Phi) is 2.91. The van der Waals surface area contributed by atoms with Crippen molar-refractivity contribution in [1.29, 1.82) is 5.26 Å². The zero-order valence-corrected chi connectivity index (χ0v) is 12.0. The summed E-state index contributed by atoms with van der Waals surface area (Å²) >= 11 is 0. The van der Waals surface area contributed by atoms with Crippen molar-refractivity contribution >= 4 is 10.9 Å². The SMILES string of the molecule is N#Cc1ccc2c(c1)c1c(n2Cc2cnccn2)CC(N)C1. The zero-order valence-electron chi connectivity index (χ0n) is 12.0. The van der Waals surface area contributed by atoms with Gasteiger partial charge in [0, 0.05) is 41.5 Å². The summed E-state index contributed by atoms with van der Waals surface area (Å²) in [5.74, 6) is 0. The smallest absolute Gasteiger partial charge is 0.0991 e. The number of nitriles is 1. The molecule has 2 aromatic heterocycles. The largest absolute Gasteiger partial charge is 0.338 e. The van der Waals surface area contributed by atoms with E-state index >= 15 is 0 Å². The van der Waals surface area contributed by atoms with Gasteiger partial charge >= 0.3 is 0 Å². The molecule has 1 unspecified atom stereocenters. The van der Waals surface area contributed by atoms with E-state index in [2.05, 4.69) is 20.6 Å². The second-order valence-electron chi connectivity index (χ2n) is 5.72. The maximum Gasteiger partial charge on any atom is 0.0991 e. The number of rotatable bonds is 2. The lowest BCUT2D eigenvalue weighted by Gasteiger charge is -2.10. The van der Waals surface area contributed by atoms with Crippen LogP contribution >= 0.6 is 0 Å². The van der Waals surface area contributed by atoms with Crippen molar-refractivity contribution in [1.82, 2.24) is 14.5 Å². The number of aromatic nitrogens is 3. The van der Waals surface area contributed by atoms with Crippen LogP contribution in [0.4, 0.5) is 0 Å². The van der Waals surface area contributed by atoms with Crippen LogP contribution < -0.4 is 5.73 Å². The first-order valence-corrected chi connectivity index (χ1v) is 7.31. The summed E-state index contributed by atoms with van der Waals surface area (Å²) in [7, 11) is 0. The molecule has 5 heteroatoms. The van der Waals surface area contributed by atoms with Crippen LogP contribution in [0.3, 0.4) is 0 Å². The molecule has 0 saturated carbocycles. The molecule has 0 bridgehead atoms. The van der Waals surface area contributed by atoms with Gasteiger partial charge in [-0.1, -0.05) is 0 Å². The fraction of sp³-hybridized carbons (Fsp3) is 0.235. The fourth-order valence-electron chi connectivity index (χ4n) is 3.34. The number of hydrogen-bond acceptors (Lipinski definition) is 4. The van der Waals surface area contributed by atoms with Crippen LogP contribution in [0.2, 0.25) is 0 Å². The molecule has 1 atom stereocenters. The second-order valence-corrected chi connectivity index (χ2v) is 5.72. The van der Waals surface area contributed by atoms with Crippen LogP contribution in [-0.2, 0) is 19.4 Å². The van der Waals surface area contributed by atoms with Crippen molar-refractivity contribution in [2.24, 2.45) is 5.73 Å². The van der Waals surface area contributed by atoms with Crippen LogP contribution in [0.5, 0.6) is 0 Å². The molecule has 1 aliphatic rings. The van der Waals surface area contributed by atoms with Crippen molar-refractivity contribution < 1.29 is 0 Å². The highest BCUT2D eigenvalue weighted by atomic mass is 15.0. The van der Waals surface area contributed by atoms with Crippen LogP contribution in [0.25, 0.3) is 10.9 Å². The quantitative estimate of drug-likeness (QED) is 0.779. The second kappa shape index (κ2) is 4.93. The average Bonchev–Trinajstić information content (AvgIpc) is 3.05. The third kappa shape index (κ3) is 1.97. The Morgan fingerprint density at radius 3 is 3.00 bits per heavy atom. The third-order valence-corrected chi connectivity index (χ3v) is 4.27. The van der Waals surface area contributed by atoms with E-state index in [9.17, 15) is 0 Å². The minimum atomic E-state index is 0.160. The fourth-order valence-corrected chi connectivity index (χ4v) is 3.34. The Labute approximate surface area is 128 Å². The van der Waals surface area contributed by atoms with Crippen LogP contribution in [0, 0.1) is 11.3 Å². The van der Waals surface area contributed by atoms with E-state index in [-0.39, 0.29) is 6.04 Å². The Hall–Kier alpha value is -2.71. The molecule has 0 spiro atoms. The molecular weight excluding hydrogens is 274 g/mol. The highest BCUT2D eigenvalue weighted by Crippen LogP contribution is 2.33. The lowest BCUT2D eigenvalue weighted by atomic mass is 10.1. The molecule has 2 N–H and O–H groups in total. The van der Waals surface area contributed by atoms with Gasteiger partial charge in [-0.25, -0.2) is 0 Å². The molecule has 2 heterocycles. The van der Waals surface area contributed by atoms with E-state index < -0.39 is 0 Å². The highest BCUT2D eigenvalue weighted by molar-refractivity contribution is 5.87. The molecule has 0 radical (unpaired) electrons. The van der Waals surface area contributed by atoms with E-state index in [0.717, 1.165) is 29.4 Å². The summed E-state index contributed by atoms with van der Waals surface area (Å²) in [4.78, 5) is 8.51. The Balaban J connectivity index is 1.91. The first-order valence-electron chi connectivity index (χ1n) is 7.31. The molecule has 0 fully saturated rings. The molecule has 0 saturated heterocycles. The molecule has 5 nitrogen and oxygen atoms in total. The molecule has 3 aromatic rings. The molecule has 108 valence electrons. The van der Waals surface area contributed by atoms with Gasteiger partial charge in [-0.3, -0.25) is 9.97 Å². The lowest BCUT2D eigenvalue weighted by Crippen LogP contribution is -2.20. The predicted octanol–water partition coefficient (Wildman–Crippen LogP) is 1.78. The van der Waals surface area contributed by atoms with Gasteiger partial charge in [0.25, 0.3) is 0 Å². The lowest BCUT2D eigenvalue weighted by molar-refractivity contribution is 0.682. The van der Waals surface area contributed by atoms with Gasteiger partial charge in [0.2, 0.25) is 0 Å². The number of fused-ring (bicyclic) bond motifs is 3. The molecule has 1 aromatic carbocycles. The number of nitrogens with two attached hydrogens (primary N) is 1. The van der Waals surface area contributed by atoms with Crippen molar-refractivity contribution in [3.05, 3.63) is 59.3 Å². The number of benzene rings is 1. The number of hydrogen-bond donors (Lipinski definition) is 1. The van der Waals surface area contributed by atoms with Crippen LogP contribution in [0.15, 0.2) is 36.8 Å². The molecule has 4 rings (SSSR count). The normalized spacial score (nSPS) is 16.6. The average molecular weight is 289 g/mol. The van der Waals surface area contributed by atoms with Crippen molar-refractivity contribution in [3.8, 4) is 6.07 Å². The van der Waals surface area contributed by atoms with Gasteiger partial charge in [0.15, 0.2) is 0 Å². The standard InChI is InChI=1S/C17H15N5/c18-8-11-1-2-16-14(5-11)15-6-12(19)7-17(15)22(16)10-13-9-20-3-4-21-13/h1-5,9,12H,6-7,10,19H2. The van der Waals surface area contributed by atoms with Gasteiger partial charge in [0.1, 0.15) is 0 Å². The van der Waals surface area contributed by atoms with Crippen LogP contribution in [-0.4, -0.2) is 20.6 Å². The molecule has 1 aliphatic carbocycles. The maximum atomic E-state index is 9.14. The minimum absolute atomic E-state index is 0.160. The highest BCUT2D eigenvalue weighted by Gasteiger charge is 2.26. The van der Waals surface area contributed by atoms with E-state index in [4.69, 9.17) is 11.0 Å². The molecule has 0 aliphatic heterocycles. The van der Waals surface area contributed by atoms with E-state index in [1.807, 2.05) is 18.2 Å². The summed E-state index contributed by atoms with van der Waals surface area (Å²) in [6.07, 6.45) is 6.91. The number of nitrogens with zero attached hydrogens (tertiary/aromatic N) is 4. The Morgan fingerprint density at radius 2 is 2.23 bits per heavy atom. The summed E-state index contributed by atoms with van der Waals surface area (Å²) in [6.45, 7) is 0.679. The van der Waals surface area contributed by atoms with E-state index in [0.29, 0.717) is 12.1 Å².